The van der Waals surface area contributed by atoms with Crippen LogP contribution in [0.1, 0.15) is 65.2 Å². The summed E-state index contributed by atoms with van der Waals surface area (Å²) in [7, 11) is 0. The van der Waals surface area contributed by atoms with Gasteiger partial charge in [0.05, 0.1) is 0 Å². The second-order valence-electron chi connectivity index (χ2n) is 6.78. The molecule has 0 amide bonds. The molecule has 0 aromatic rings. The second-order valence-corrected chi connectivity index (χ2v) is 6.78. The van der Waals surface area contributed by atoms with Gasteiger partial charge < -0.3 is 10.2 Å². The summed E-state index contributed by atoms with van der Waals surface area (Å²) in [4.78, 5) is 2.73. The third-order valence-corrected chi connectivity index (χ3v) is 5.20. The average Bonchev–Trinajstić information content (AvgIpc) is 3.03. The fourth-order valence-corrected chi connectivity index (χ4v) is 4.09. The lowest BCUT2D eigenvalue weighted by Gasteiger charge is -2.24. The first-order chi connectivity index (χ1) is 9.33. The molecule has 3 unspecified atom stereocenters. The van der Waals surface area contributed by atoms with Crippen LogP contribution in [0.4, 0.5) is 0 Å². The minimum Gasteiger partial charge on any atom is -0.314 e. The van der Waals surface area contributed by atoms with E-state index in [1.807, 2.05) is 0 Å². The molecule has 1 aliphatic heterocycles. The minimum absolute atomic E-state index is 0.828. The molecular weight excluding hydrogens is 232 g/mol. The van der Waals surface area contributed by atoms with E-state index in [2.05, 4.69) is 24.1 Å². The van der Waals surface area contributed by atoms with Crippen LogP contribution in [-0.2, 0) is 0 Å². The fourth-order valence-electron chi connectivity index (χ4n) is 4.09. The number of rotatable bonds is 8. The van der Waals surface area contributed by atoms with Crippen molar-refractivity contribution in [2.75, 3.05) is 26.2 Å². The Hall–Kier alpha value is -0.0800. The van der Waals surface area contributed by atoms with Gasteiger partial charge in [-0.15, -0.1) is 0 Å². The lowest BCUT2D eigenvalue weighted by Crippen LogP contribution is -2.35. The van der Waals surface area contributed by atoms with E-state index in [0.29, 0.717) is 0 Å². The first kappa shape index (κ1) is 15.3. The lowest BCUT2D eigenvalue weighted by molar-refractivity contribution is 0.272. The van der Waals surface area contributed by atoms with Crippen LogP contribution < -0.4 is 5.32 Å². The summed E-state index contributed by atoms with van der Waals surface area (Å²) in [6.45, 7) is 9.91. The molecule has 0 spiro atoms. The number of nitrogens with one attached hydrogen (secondary N) is 1. The maximum Gasteiger partial charge on any atom is 0.00958 e. The van der Waals surface area contributed by atoms with Gasteiger partial charge in [0.15, 0.2) is 0 Å². The number of hydrogen-bond donors (Lipinski definition) is 1. The standard InChI is InChI=1S/C17H34N2/c1-3-6-15-9-12-19(14-15)13-10-16-7-5-8-17(16)18-11-4-2/h15-18H,3-14H2,1-2H3. The monoisotopic (exact) mass is 266 g/mol. The summed E-state index contributed by atoms with van der Waals surface area (Å²) in [5.41, 5.74) is 0. The summed E-state index contributed by atoms with van der Waals surface area (Å²) in [6, 6.07) is 0.828. The minimum atomic E-state index is 0.828. The van der Waals surface area contributed by atoms with E-state index < -0.39 is 0 Å². The predicted octanol–water partition coefficient (Wildman–Crippen LogP) is 3.67. The summed E-state index contributed by atoms with van der Waals surface area (Å²) < 4.78 is 0. The molecule has 1 N–H and O–H groups in total. The Morgan fingerprint density at radius 1 is 1.05 bits per heavy atom. The molecule has 3 atom stereocenters. The maximum atomic E-state index is 3.77. The highest BCUT2D eigenvalue weighted by Crippen LogP contribution is 2.29. The van der Waals surface area contributed by atoms with E-state index in [9.17, 15) is 0 Å². The van der Waals surface area contributed by atoms with Gasteiger partial charge >= 0.3 is 0 Å². The second kappa shape index (κ2) is 8.26. The summed E-state index contributed by atoms with van der Waals surface area (Å²) in [6.07, 6.45) is 11.3. The van der Waals surface area contributed by atoms with Crippen molar-refractivity contribution in [3.8, 4) is 0 Å². The number of hydrogen-bond acceptors (Lipinski definition) is 2. The first-order valence-electron chi connectivity index (χ1n) is 8.79. The molecule has 2 heteroatoms. The normalized spacial score (nSPS) is 32.2. The molecule has 1 saturated heterocycles. The van der Waals surface area contributed by atoms with E-state index in [1.165, 1.54) is 77.5 Å². The van der Waals surface area contributed by atoms with Crippen LogP contribution in [0.15, 0.2) is 0 Å². The Morgan fingerprint density at radius 2 is 1.95 bits per heavy atom. The summed E-state index contributed by atoms with van der Waals surface area (Å²) >= 11 is 0. The molecule has 1 heterocycles. The average molecular weight is 266 g/mol. The van der Waals surface area contributed by atoms with E-state index in [1.54, 1.807) is 0 Å². The Balaban J connectivity index is 1.64. The molecular formula is C17H34N2. The van der Waals surface area contributed by atoms with Crippen molar-refractivity contribution >= 4 is 0 Å². The van der Waals surface area contributed by atoms with Crippen molar-refractivity contribution in [3.05, 3.63) is 0 Å². The molecule has 1 saturated carbocycles. The van der Waals surface area contributed by atoms with E-state index in [4.69, 9.17) is 0 Å². The molecule has 2 nitrogen and oxygen atoms in total. The molecule has 0 aromatic heterocycles. The van der Waals surface area contributed by atoms with Crippen LogP contribution in [0.3, 0.4) is 0 Å². The number of likely N-dealkylation sites (tertiary alicyclic amines) is 1. The van der Waals surface area contributed by atoms with Crippen LogP contribution in [0, 0.1) is 11.8 Å². The molecule has 0 aromatic carbocycles. The first-order valence-corrected chi connectivity index (χ1v) is 8.79. The van der Waals surface area contributed by atoms with Gasteiger partial charge in [-0.2, -0.15) is 0 Å². The molecule has 2 rings (SSSR count). The van der Waals surface area contributed by atoms with Gasteiger partial charge in [0, 0.05) is 12.6 Å². The molecule has 1 aliphatic carbocycles. The molecule has 112 valence electrons. The highest BCUT2D eigenvalue weighted by Gasteiger charge is 2.28. The fraction of sp³-hybridized carbons (Fsp3) is 1.00. The van der Waals surface area contributed by atoms with Gasteiger partial charge in [0.1, 0.15) is 0 Å². The quantitative estimate of drug-likeness (QED) is 0.721. The van der Waals surface area contributed by atoms with Crippen LogP contribution in [0.25, 0.3) is 0 Å². The van der Waals surface area contributed by atoms with E-state index in [0.717, 1.165) is 17.9 Å². The zero-order valence-electron chi connectivity index (χ0n) is 13.2. The molecule has 19 heavy (non-hydrogen) atoms. The largest absolute Gasteiger partial charge is 0.314 e. The molecule has 2 fully saturated rings. The van der Waals surface area contributed by atoms with Crippen molar-refractivity contribution < 1.29 is 0 Å². The van der Waals surface area contributed by atoms with Gasteiger partial charge in [-0.05, 0) is 70.0 Å². The molecule has 0 radical (unpaired) electrons. The lowest BCUT2D eigenvalue weighted by atomic mass is 9.99. The van der Waals surface area contributed by atoms with Gasteiger partial charge in [-0.3, -0.25) is 0 Å². The number of nitrogens with zero attached hydrogens (tertiary/aromatic N) is 1. The van der Waals surface area contributed by atoms with Crippen molar-refractivity contribution in [1.29, 1.82) is 0 Å². The highest BCUT2D eigenvalue weighted by atomic mass is 15.1. The third-order valence-electron chi connectivity index (χ3n) is 5.20. The van der Waals surface area contributed by atoms with Gasteiger partial charge in [-0.25, -0.2) is 0 Å². The summed E-state index contributed by atoms with van der Waals surface area (Å²) in [5, 5.41) is 3.77. The van der Waals surface area contributed by atoms with E-state index >= 15 is 0 Å². The molecule has 0 bridgehead atoms. The van der Waals surface area contributed by atoms with Gasteiger partial charge in [-0.1, -0.05) is 26.7 Å². The van der Waals surface area contributed by atoms with Crippen molar-refractivity contribution in [3.63, 3.8) is 0 Å². The Bertz CT molecular complexity index is 241. The topological polar surface area (TPSA) is 15.3 Å². The van der Waals surface area contributed by atoms with Crippen molar-refractivity contribution in [1.82, 2.24) is 10.2 Å². The molecule has 2 aliphatic rings. The highest BCUT2D eigenvalue weighted by molar-refractivity contribution is 4.84. The Morgan fingerprint density at radius 3 is 2.74 bits per heavy atom. The van der Waals surface area contributed by atoms with Crippen LogP contribution in [0.5, 0.6) is 0 Å². The summed E-state index contributed by atoms with van der Waals surface area (Å²) in [5.74, 6) is 1.96. The van der Waals surface area contributed by atoms with Crippen LogP contribution in [0.2, 0.25) is 0 Å². The Labute approximate surface area is 120 Å². The zero-order chi connectivity index (χ0) is 13.5. The maximum absolute atomic E-state index is 3.77. The zero-order valence-corrected chi connectivity index (χ0v) is 13.2. The smallest absolute Gasteiger partial charge is 0.00958 e. The van der Waals surface area contributed by atoms with Crippen molar-refractivity contribution in [2.45, 2.75) is 71.3 Å². The Kier molecular flexibility index (Phi) is 6.66. The van der Waals surface area contributed by atoms with Crippen LogP contribution >= 0.6 is 0 Å². The van der Waals surface area contributed by atoms with Crippen LogP contribution in [-0.4, -0.2) is 37.1 Å². The van der Waals surface area contributed by atoms with Gasteiger partial charge in [0.2, 0.25) is 0 Å². The van der Waals surface area contributed by atoms with Gasteiger partial charge in [0.25, 0.3) is 0 Å². The third kappa shape index (κ3) is 4.75. The SMILES string of the molecule is CCCNC1CCCC1CCN1CCC(CCC)C1. The predicted molar refractivity (Wildman–Crippen MR) is 83.5 cm³/mol. The van der Waals surface area contributed by atoms with Crippen molar-refractivity contribution in [2.24, 2.45) is 11.8 Å². The van der Waals surface area contributed by atoms with E-state index in [-0.39, 0.29) is 0 Å².